The predicted molar refractivity (Wildman–Crippen MR) is 165 cm³/mol. The zero-order valence-electron chi connectivity index (χ0n) is 20.8. The predicted octanol–water partition coefficient (Wildman–Crippen LogP) is 10.7. The molecule has 1 heteroatoms. The van der Waals surface area contributed by atoms with E-state index >= 15 is 0 Å². The Morgan fingerprint density at radius 1 is 0.447 bits per heavy atom. The standard InChI is InChI=1S/C37H24S/c1-2-5-15-28(14-4-1)36-30-16-8-10-18-32(30)37(33-19-11-9-17-31(33)36)29-22-20-27(21-23-29)35-25-24-34(38-35)26-12-6-3-7-13-26/h1,3-25H. The molecule has 0 spiro atoms. The van der Waals surface area contributed by atoms with E-state index in [4.69, 9.17) is 0 Å². The van der Waals surface area contributed by atoms with E-state index < -0.39 is 0 Å². The summed E-state index contributed by atoms with van der Waals surface area (Å²) in [7, 11) is 0. The molecule has 5 aromatic carbocycles. The van der Waals surface area contributed by atoms with E-state index in [-0.39, 0.29) is 0 Å². The Labute approximate surface area is 226 Å². The van der Waals surface area contributed by atoms with Gasteiger partial charge in [0.1, 0.15) is 0 Å². The minimum atomic E-state index is 1.20. The van der Waals surface area contributed by atoms with Crippen molar-refractivity contribution >= 4 is 38.5 Å². The molecule has 0 saturated carbocycles. The van der Waals surface area contributed by atoms with Crippen LogP contribution in [0, 0.1) is 0 Å². The Hall–Kier alpha value is -4.68. The Bertz CT molecular complexity index is 1870. The van der Waals surface area contributed by atoms with Crippen molar-refractivity contribution < 1.29 is 0 Å². The second kappa shape index (κ2) is 9.65. The van der Waals surface area contributed by atoms with Gasteiger partial charge in [-0.1, -0.05) is 115 Å². The first kappa shape index (κ1) is 22.5. The molecule has 38 heavy (non-hydrogen) atoms. The summed E-state index contributed by atoms with van der Waals surface area (Å²) in [5, 5.41) is 5.07. The monoisotopic (exact) mass is 500 g/mol. The fourth-order valence-electron chi connectivity index (χ4n) is 5.43. The van der Waals surface area contributed by atoms with E-state index in [1.165, 1.54) is 64.7 Å². The van der Waals surface area contributed by atoms with Crippen LogP contribution in [-0.4, -0.2) is 0 Å². The Morgan fingerprint density at radius 3 is 1.61 bits per heavy atom. The first-order valence-electron chi connectivity index (χ1n) is 12.9. The van der Waals surface area contributed by atoms with Crippen molar-refractivity contribution in [2.45, 2.75) is 0 Å². The number of fused-ring (bicyclic) bond motifs is 2. The number of rotatable bonds is 4. The first-order valence-corrected chi connectivity index (χ1v) is 13.7. The molecular formula is C37H24S. The van der Waals surface area contributed by atoms with Gasteiger partial charge >= 0.3 is 0 Å². The Balaban J connectivity index is 1.38. The number of allylic oxidation sites excluding steroid dienone is 5. The van der Waals surface area contributed by atoms with Crippen LogP contribution in [0.4, 0.5) is 0 Å². The Morgan fingerprint density at radius 2 is 0.974 bits per heavy atom. The van der Waals surface area contributed by atoms with Crippen molar-refractivity contribution in [3.8, 4) is 32.0 Å². The second-order valence-corrected chi connectivity index (χ2v) is 10.5. The first-order chi connectivity index (χ1) is 18.9. The lowest BCUT2D eigenvalue weighted by Crippen LogP contribution is -1.92. The van der Waals surface area contributed by atoms with Crippen molar-refractivity contribution in [2.24, 2.45) is 0 Å². The highest BCUT2D eigenvalue weighted by Crippen LogP contribution is 2.43. The average Bonchev–Trinajstić information content (AvgIpc) is 3.33. The van der Waals surface area contributed by atoms with Crippen LogP contribution in [0.1, 0.15) is 5.56 Å². The summed E-state index contributed by atoms with van der Waals surface area (Å²) in [5.74, 6) is 0. The lowest BCUT2D eigenvalue weighted by molar-refractivity contribution is 1.65. The van der Waals surface area contributed by atoms with E-state index in [1.807, 2.05) is 23.5 Å². The maximum Gasteiger partial charge on any atom is 0.0349 e. The fraction of sp³-hybridized carbons (Fsp3) is 0. The maximum atomic E-state index is 3.20. The number of benzene rings is 5. The van der Waals surface area contributed by atoms with Crippen LogP contribution in [-0.2, 0) is 0 Å². The van der Waals surface area contributed by atoms with Gasteiger partial charge in [-0.15, -0.1) is 17.1 Å². The zero-order valence-corrected chi connectivity index (χ0v) is 21.6. The highest BCUT2D eigenvalue weighted by Gasteiger charge is 2.17. The van der Waals surface area contributed by atoms with Gasteiger partial charge in [0.15, 0.2) is 0 Å². The van der Waals surface area contributed by atoms with Crippen LogP contribution in [0.25, 0.3) is 59.1 Å². The third-order valence-electron chi connectivity index (χ3n) is 7.17. The fourth-order valence-corrected chi connectivity index (χ4v) is 6.44. The third-order valence-corrected chi connectivity index (χ3v) is 8.35. The molecule has 1 aliphatic carbocycles. The van der Waals surface area contributed by atoms with Crippen LogP contribution in [0.2, 0.25) is 0 Å². The average molecular weight is 501 g/mol. The molecule has 0 nitrogen and oxygen atoms in total. The zero-order chi connectivity index (χ0) is 25.3. The number of hydrogen-bond acceptors (Lipinski definition) is 1. The molecule has 0 saturated heterocycles. The van der Waals surface area contributed by atoms with Crippen LogP contribution < -0.4 is 0 Å². The van der Waals surface area contributed by atoms with Gasteiger partial charge in [-0.2, -0.15) is 0 Å². The molecule has 1 aromatic heterocycles. The molecule has 6 aromatic rings. The molecule has 178 valence electrons. The molecule has 7 rings (SSSR count). The summed E-state index contributed by atoms with van der Waals surface area (Å²) in [6.45, 7) is 0. The SMILES string of the molecule is C1=CC=CC(c2c3ccccc3c(-c3ccc(-c4ccc(-c5ccccc5)s4)cc3)c3ccccc23)=CC=1. The number of hydrogen-bond donors (Lipinski definition) is 0. The quantitative estimate of drug-likeness (QED) is 0.167. The summed E-state index contributed by atoms with van der Waals surface area (Å²) >= 11 is 1.84. The van der Waals surface area contributed by atoms with E-state index in [0.29, 0.717) is 0 Å². The van der Waals surface area contributed by atoms with Crippen molar-refractivity contribution in [3.05, 3.63) is 157 Å². The van der Waals surface area contributed by atoms with E-state index in [2.05, 4.69) is 139 Å². The van der Waals surface area contributed by atoms with Gasteiger partial charge in [-0.3, -0.25) is 0 Å². The van der Waals surface area contributed by atoms with E-state index in [9.17, 15) is 0 Å². The Kier molecular flexibility index (Phi) is 5.72. The van der Waals surface area contributed by atoms with Gasteiger partial charge in [-0.25, -0.2) is 0 Å². The van der Waals surface area contributed by atoms with Crippen molar-refractivity contribution in [1.29, 1.82) is 0 Å². The van der Waals surface area contributed by atoms with Crippen molar-refractivity contribution in [2.75, 3.05) is 0 Å². The highest BCUT2D eigenvalue weighted by molar-refractivity contribution is 7.18. The lowest BCUT2D eigenvalue weighted by atomic mass is 9.85. The molecule has 0 atom stereocenters. The molecule has 1 heterocycles. The van der Waals surface area contributed by atoms with E-state index in [0.717, 1.165) is 0 Å². The molecule has 0 amide bonds. The van der Waals surface area contributed by atoms with Crippen LogP contribution in [0.3, 0.4) is 0 Å². The molecule has 0 radical (unpaired) electrons. The maximum absolute atomic E-state index is 3.20. The summed E-state index contributed by atoms with van der Waals surface area (Å²) in [5.41, 5.74) is 10.7. The van der Waals surface area contributed by atoms with Crippen LogP contribution in [0.15, 0.2) is 151 Å². The molecule has 0 aliphatic heterocycles. The lowest BCUT2D eigenvalue weighted by Gasteiger charge is -2.18. The van der Waals surface area contributed by atoms with Gasteiger partial charge < -0.3 is 0 Å². The summed E-state index contributed by atoms with van der Waals surface area (Å²) in [6.07, 6.45) is 10.4. The van der Waals surface area contributed by atoms with Crippen molar-refractivity contribution in [1.82, 2.24) is 0 Å². The molecule has 0 N–H and O–H groups in total. The third kappa shape index (κ3) is 3.96. The molecule has 0 unspecified atom stereocenters. The van der Waals surface area contributed by atoms with Gasteiger partial charge in [0.05, 0.1) is 0 Å². The van der Waals surface area contributed by atoms with Gasteiger partial charge in [-0.05, 0) is 85.3 Å². The van der Waals surface area contributed by atoms with Crippen molar-refractivity contribution in [3.63, 3.8) is 0 Å². The topological polar surface area (TPSA) is 0 Å². The second-order valence-electron chi connectivity index (χ2n) is 9.43. The minimum absolute atomic E-state index is 1.20. The van der Waals surface area contributed by atoms with Gasteiger partial charge in [0.2, 0.25) is 0 Å². The van der Waals surface area contributed by atoms with Crippen LogP contribution >= 0.6 is 11.3 Å². The summed E-state index contributed by atoms with van der Waals surface area (Å²) in [4.78, 5) is 2.58. The smallest absolute Gasteiger partial charge is 0.0349 e. The van der Waals surface area contributed by atoms with Gasteiger partial charge in [0.25, 0.3) is 0 Å². The highest BCUT2D eigenvalue weighted by atomic mass is 32.1. The van der Waals surface area contributed by atoms with Crippen LogP contribution in [0.5, 0.6) is 0 Å². The largest absolute Gasteiger partial charge is 0.135 e. The van der Waals surface area contributed by atoms with E-state index in [1.54, 1.807) is 0 Å². The van der Waals surface area contributed by atoms with Gasteiger partial charge in [0, 0.05) is 9.75 Å². The molecular weight excluding hydrogens is 476 g/mol. The summed E-state index contributed by atoms with van der Waals surface area (Å²) < 4.78 is 0. The summed E-state index contributed by atoms with van der Waals surface area (Å²) in [6, 6.07) is 41.8. The normalized spacial score (nSPS) is 12.7. The minimum Gasteiger partial charge on any atom is -0.135 e. The molecule has 0 bridgehead atoms. The molecule has 1 aliphatic rings. The number of thiophene rings is 1. The molecule has 0 fully saturated rings.